The molecule has 7 heteroatoms. The fraction of sp³-hybridized carbons (Fsp3) is 0.111. The molecular weight excluding hydrogens is 388 g/mol. The van der Waals surface area contributed by atoms with Crippen LogP contribution in [0.25, 0.3) is 6.08 Å². The zero-order valence-corrected chi connectivity index (χ0v) is 14.9. The summed E-state index contributed by atoms with van der Waals surface area (Å²) in [5.41, 5.74) is 3.69. The Morgan fingerprint density at radius 3 is 2.60 bits per heavy atom. The molecule has 3 rings (SSSR count). The van der Waals surface area contributed by atoms with Crippen LogP contribution in [0, 0.1) is 0 Å². The van der Waals surface area contributed by atoms with Crippen LogP contribution in [0.15, 0.2) is 52.5 Å². The van der Waals surface area contributed by atoms with E-state index in [2.05, 4.69) is 21.4 Å². The van der Waals surface area contributed by atoms with Crippen molar-refractivity contribution in [3.8, 4) is 11.5 Å². The number of amides is 2. The molecule has 25 heavy (non-hydrogen) atoms. The van der Waals surface area contributed by atoms with E-state index in [0.29, 0.717) is 23.6 Å². The van der Waals surface area contributed by atoms with Gasteiger partial charge in [-0.05, 0) is 55.0 Å². The zero-order valence-electron chi connectivity index (χ0n) is 13.3. The molecule has 0 aromatic heterocycles. The molecule has 1 heterocycles. The third-order valence-electron chi connectivity index (χ3n) is 3.57. The lowest BCUT2D eigenvalue weighted by molar-refractivity contribution is -0.117. The third kappa shape index (κ3) is 3.51. The maximum atomic E-state index is 12.6. The van der Waals surface area contributed by atoms with Crippen molar-refractivity contribution in [3.63, 3.8) is 0 Å². The van der Waals surface area contributed by atoms with Crippen LogP contribution in [-0.2, 0) is 9.59 Å². The maximum Gasteiger partial charge on any atom is 0.282 e. The van der Waals surface area contributed by atoms with Crippen LogP contribution < -0.4 is 15.2 Å². The summed E-state index contributed by atoms with van der Waals surface area (Å²) in [6.07, 6.45) is 1.47. The number of benzene rings is 2. The number of aromatic hydroxyl groups is 1. The minimum Gasteiger partial charge on any atom is -0.504 e. The van der Waals surface area contributed by atoms with Gasteiger partial charge in [0.2, 0.25) is 0 Å². The topological polar surface area (TPSA) is 78.9 Å². The van der Waals surface area contributed by atoms with E-state index < -0.39 is 11.8 Å². The van der Waals surface area contributed by atoms with Gasteiger partial charge < -0.3 is 9.84 Å². The molecule has 2 aromatic carbocycles. The Balaban J connectivity index is 1.91. The summed E-state index contributed by atoms with van der Waals surface area (Å²) in [4.78, 5) is 24.8. The number of anilines is 1. The monoisotopic (exact) mass is 402 g/mol. The van der Waals surface area contributed by atoms with E-state index in [1.54, 1.807) is 43.3 Å². The minimum atomic E-state index is -0.487. The number of carbonyl (C=O) groups is 2. The normalized spacial score (nSPS) is 15.6. The number of hydrogen-bond acceptors (Lipinski definition) is 4. The molecule has 6 nitrogen and oxygen atoms in total. The number of ether oxygens (including phenoxy) is 1. The Labute approximate surface area is 152 Å². The largest absolute Gasteiger partial charge is 0.504 e. The molecule has 1 aliphatic heterocycles. The van der Waals surface area contributed by atoms with E-state index >= 15 is 0 Å². The average molecular weight is 403 g/mol. The molecule has 128 valence electrons. The van der Waals surface area contributed by atoms with Gasteiger partial charge in [-0.3, -0.25) is 15.0 Å². The fourth-order valence-electron chi connectivity index (χ4n) is 2.39. The van der Waals surface area contributed by atoms with Gasteiger partial charge in [0.15, 0.2) is 11.5 Å². The van der Waals surface area contributed by atoms with Crippen LogP contribution in [0.3, 0.4) is 0 Å². The molecule has 1 aliphatic rings. The van der Waals surface area contributed by atoms with Gasteiger partial charge in [0.25, 0.3) is 11.8 Å². The summed E-state index contributed by atoms with van der Waals surface area (Å²) in [6, 6.07) is 11.6. The lowest BCUT2D eigenvalue weighted by Crippen LogP contribution is -2.35. The summed E-state index contributed by atoms with van der Waals surface area (Å²) in [6.45, 7) is 2.19. The van der Waals surface area contributed by atoms with Crippen molar-refractivity contribution >= 4 is 39.5 Å². The summed E-state index contributed by atoms with van der Waals surface area (Å²) < 4.78 is 6.19. The van der Waals surface area contributed by atoms with Crippen LogP contribution in [0.4, 0.5) is 5.69 Å². The molecule has 1 saturated heterocycles. The molecule has 2 amide bonds. The Morgan fingerprint density at radius 1 is 1.20 bits per heavy atom. The van der Waals surface area contributed by atoms with Crippen molar-refractivity contribution in [2.75, 3.05) is 11.6 Å². The number of nitrogens with zero attached hydrogens (tertiary/aromatic N) is 1. The standard InChI is InChI=1S/C18H15BrN2O4/c1-2-25-16-10-11(3-8-15(16)22)9-14-17(23)20-21(18(14)24)13-6-4-12(19)5-7-13/h3-10,22H,2H2,1H3,(H,20,23)/b14-9-. The fourth-order valence-corrected chi connectivity index (χ4v) is 2.65. The van der Waals surface area contributed by atoms with Crippen molar-refractivity contribution in [3.05, 3.63) is 58.1 Å². The molecule has 0 aliphatic carbocycles. The molecule has 0 atom stereocenters. The first-order valence-electron chi connectivity index (χ1n) is 7.58. The van der Waals surface area contributed by atoms with E-state index in [1.165, 1.54) is 17.2 Å². The minimum absolute atomic E-state index is 0.00249. The highest BCUT2D eigenvalue weighted by atomic mass is 79.9. The van der Waals surface area contributed by atoms with Gasteiger partial charge in [0.05, 0.1) is 12.3 Å². The number of phenols is 1. The van der Waals surface area contributed by atoms with Crippen molar-refractivity contribution in [1.82, 2.24) is 5.43 Å². The SMILES string of the molecule is CCOc1cc(/C=C2/C(=O)NN(c3ccc(Br)cc3)C2=O)ccc1O. The Morgan fingerprint density at radius 2 is 1.92 bits per heavy atom. The van der Waals surface area contributed by atoms with Crippen LogP contribution >= 0.6 is 15.9 Å². The van der Waals surface area contributed by atoms with Crippen molar-refractivity contribution in [1.29, 1.82) is 0 Å². The van der Waals surface area contributed by atoms with Crippen LogP contribution in [-0.4, -0.2) is 23.5 Å². The van der Waals surface area contributed by atoms with Crippen LogP contribution in [0.5, 0.6) is 11.5 Å². The number of carbonyl (C=O) groups excluding carboxylic acids is 2. The molecule has 0 spiro atoms. The van der Waals surface area contributed by atoms with Gasteiger partial charge in [-0.25, -0.2) is 5.01 Å². The number of rotatable bonds is 4. The molecule has 0 saturated carbocycles. The highest BCUT2D eigenvalue weighted by Crippen LogP contribution is 2.29. The molecule has 2 aromatic rings. The van der Waals surface area contributed by atoms with E-state index in [4.69, 9.17) is 4.74 Å². The Hall–Kier alpha value is -2.80. The predicted octanol–water partition coefficient (Wildman–Crippen LogP) is 3.01. The average Bonchev–Trinajstić information content (AvgIpc) is 2.87. The second kappa shape index (κ2) is 6.98. The Kier molecular flexibility index (Phi) is 4.76. The molecule has 0 radical (unpaired) electrons. The first kappa shape index (κ1) is 17.0. The first-order chi connectivity index (χ1) is 12.0. The number of hydrazine groups is 1. The van der Waals surface area contributed by atoms with E-state index in [0.717, 1.165) is 4.47 Å². The van der Waals surface area contributed by atoms with Gasteiger partial charge in [0.1, 0.15) is 5.57 Å². The summed E-state index contributed by atoms with van der Waals surface area (Å²) >= 11 is 3.33. The predicted molar refractivity (Wildman–Crippen MR) is 97.0 cm³/mol. The van der Waals surface area contributed by atoms with Crippen LogP contribution in [0.1, 0.15) is 12.5 Å². The van der Waals surface area contributed by atoms with E-state index in [-0.39, 0.29) is 11.3 Å². The highest BCUT2D eigenvalue weighted by molar-refractivity contribution is 9.10. The molecular formula is C18H15BrN2O4. The zero-order chi connectivity index (χ0) is 18.0. The van der Waals surface area contributed by atoms with Gasteiger partial charge in [-0.2, -0.15) is 0 Å². The quantitative estimate of drug-likeness (QED) is 0.608. The van der Waals surface area contributed by atoms with Crippen LogP contribution in [0.2, 0.25) is 0 Å². The third-order valence-corrected chi connectivity index (χ3v) is 4.10. The summed E-state index contributed by atoms with van der Waals surface area (Å²) in [5.74, 6) is -0.632. The van der Waals surface area contributed by atoms with Gasteiger partial charge >= 0.3 is 0 Å². The van der Waals surface area contributed by atoms with E-state index in [9.17, 15) is 14.7 Å². The molecule has 1 fully saturated rings. The van der Waals surface area contributed by atoms with Gasteiger partial charge in [0, 0.05) is 4.47 Å². The lowest BCUT2D eigenvalue weighted by atomic mass is 10.1. The number of hydrogen-bond donors (Lipinski definition) is 2. The Bertz CT molecular complexity index is 862. The number of halogens is 1. The number of phenolic OH excluding ortho intramolecular Hbond substituents is 1. The number of nitrogens with one attached hydrogen (secondary N) is 1. The van der Waals surface area contributed by atoms with Crippen molar-refractivity contribution < 1.29 is 19.4 Å². The van der Waals surface area contributed by atoms with Crippen molar-refractivity contribution in [2.45, 2.75) is 6.92 Å². The van der Waals surface area contributed by atoms with Gasteiger partial charge in [-0.15, -0.1) is 0 Å². The lowest BCUT2D eigenvalue weighted by Gasteiger charge is -2.14. The summed E-state index contributed by atoms with van der Waals surface area (Å²) in [5, 5.41) is 10.9. The summed E-state index contributed by atoms with van der Waals surface area (Å²) in [7, 11) is 0. The molecule has 2 N–H and O–H groups in total. The van der Waals surface area contributed by atoms with Gasteiger partial charge in [-0.1, -0.05) is 22.0 Å². The maximum absolute atomic E-state index is 12.6. The highest BCUT2D eigenvalue weighted by Gasteiger charge is 2.34. The van der Waals surface area contributed by atoms with E-state index in [1.807, 2.05) is 0 Å². The molecule has 0 bridgehead atoms. The molecule has 0 unspecified atom stereocenters. The smallest absolute Gasteiger partial charge is 0.282 e. The second-order valence-corrected chi connectivity index (χ2v) is 6.19. The first-order valence-corrected chi connectivity index (χ1v) is 8.37. The second-order valence-electron chi connectivity index (χ2n) is 5.28. The van der Waals surface area contributed by atoms with Crippen molar-refractivity contribution in [2.24, 2.45) is 0 Å².